The summed E-state index contributed by atoms with van der Waals surface area (Å²) in [6, 6.07) is 7.31. The number of aromatic nitrogens is 2. The normalized spacial score (nSPS) is 15.7. The van der Waals surface area contributed by atoms with Gasteiger partial charge in [-0.2, -0.15) is 0 Å². The Morgan fingerprint density at radius 2 is 1.78 bits per heavy atom. The van der Waals surface area contributed by atoms with E-state index in [1.165, 1.54) is 11.3 Å². The Morgan fingerprint density at radius 1 is 1.11 bits per heavy atom. The van der Waals surface area contributed by atoms with E-state index >= 15 is 0 Å². The fraction of sp³-hybridized carbons (Fsp3) is 0.333. The number of halogens is 1. The second-order valence-corrected chi connectivity index (χ2v) is 5.55. The van der Waals surface area contributed by atoms with Gasteiger partial charge in [-0.05, 0) is 48.4 Å². The van der Waals surface area contributed by atoms with E-state index in [4.69, 9.17) is 11.6 Å². The predicted octanol–water partition coefficient (Wildman–Crippen LogP) is 2.39. The topological polar surface area (TPSA) is 39.3 Å². The second-order valence-electron chi connectivity index (χ2n) is 4.19. The van der Waals surface area contributed by atoms with Crippen molar-refractivity contribution in [3.63, 3.8) is 0 Å². The summed E-state index contributed by atoms with van der Waals surface area (Å²) in [6.45, 7) is 1.66. The average molecular weight is 282 g/mol. The van der Waals surface area contributed by atoms with Gasteiger partial charge in [0.1, 0.15) is 0 Å². The first kappa shape index (κ1) is 11.7. The molecule has 6 heteroatoms. The molecule has 0 saturated carbocycles. The van der Waals surface area contributed by atoms with Crippen LogP contribution in [0.5, 0.6) is 0 Å². The summed E-state index contributed by atoms with van der Waals surface area (Å²) in [5.74, 6) is 0. The smallest absolute Gasteiger partial charge is 0.256 e. The van der Waals surface area contributed by atoms with Crippen LogP contribution in [0.2, 0.25) is 5.02 Å². The van der Waals surface area contributed by atoms with Gasteiger partial charge in [-0.25, -0.2) is 9.67 Å². The Hall–Kier alpha value is -1.33. The van der Waals surface area contributed by atoms with Gasteiger partial charge < -0.3 is 0 Å². The maximum atomic E-state index is 11.8. The van der Waals surface area contributed by atoms with E-state index in [2.05, 4.69) is 4.99 Å². The number of nitrogens with zero attached hydrogens (tertiary/aromatic N) is 3. The number of hydrogen-bond acceptors (Lipinski definition) is 3. The third-order valence-electron chi connectivity index (χ3n) is 2.94. The Morgan fingerprint density at radius 3 is 2.50 bits per heavy atom. The highest BCUT2D eigenvalue weighted by Gasteiger charge is 2.12. The van der Waals surface area contributed by atoms with Gasteiger partial charge in [-0.15, -0.1) is 0 Å². The van der Waals surface area contributed by atoms with Crippen LogP contribution in [0.25, 0.3) is 0 Å². The number of rotatable bonds is 1. The quantitative estimate of drug-likeness (QED) is 0.791. The van der Waals surface area contributed by atoms with Gasteiger partial charge in [-0.1, -0.05) is 11.6 Å². The minimum Gasteiger partial charge on any atom is -0.256 e. The summed E-state index contributed by atoms with van der Waals surface area (Å²) < 4.78 is 3.76. The van der Waals surface area contributed by atoms with Crippen LogP contribution in [0.15, 0.2) is 34.1 Å². The molecule has 1 aliphatic rings. The minimum atomic E-state index is 0.0717. The molecule has 1 aromatic heterocycles. The molecule has 18 heavy (non-hydrogen) atoms. The Labute approximate surface area is 113 Å². The summed E-state index contributed by atoms with van der Waals surface area (Å²) in [5.41, 5.74) is 0.821. The largest absolute Gasteiger partial charge is 0.325 e. The first-order valence-electron chi connectivity index (χ1n) is 5.85. The summed E-state index contributed by atoms with van der Waals surface area (Å²) in [6.07, 6.45) is 2.17. The van der Waals surface area contributed by atoms with Gasteiger partial charge in [0.2, 0.25) is 4.80 Å². The highest BCUT2D eigenvalue weighted by atomic mass is 35.5. The van der Waals surface area contributed by atoms with Crippen molar-refractivity contribution < 1.29 is 0 Å². The van der Waals surface area contributed by atoms with Gasteiger partial charge in [0.15, 0.2) is 0 Å². The zero-order valence-corrected chi connectivity index (χ0v) is 11.2. The molecule has 2 aromatic rings. The lowest BCUT2D eigenvalue weighted by molar-refractivity contribution is 0.345. The van der Waals surface area contributed by atoms with E-state index in [1.54, 1.807) is 16.8 Å². The molecule has 2 heterocycles. The number of hydrogen-bond donors (Lipinski definition) is 0. The molecule has 3 rings (SSSR count). The molecule has 0 fully saturated rings. The third kappa shape index (κ3) is 2.15. The first-order chi connectivity index (χ1) is 8.74. The SMILES string of the molecule is O=c1sc(=Nc2ccc(Cl)cc2)n2n1CCCC2. The second kappa shape index (κ2) is 4.74. The Kier molecular flexibility index (Phi) is 3.09. The molecule has 1 aliphatic heterocycles. The minimum absolute atomic E-state index is 0.0717. The third-order valence-corrected chi connectivity index (χ3v) is 4.06. The molecule has 0 saturated heterocycles. The molecule has 0 N–H and O–H groups in total. The Balaban J connectivity index is 2.12. The Bertz CT molecular complexity index is 681. The molecular weight excluding hydrogens is 270 g/mol. The maximum Gasteiger partial charge on any atom is 0.325 e. The highest BCUT2D eigenvalue weighted by molar-refractivity contribution is 7.06. The van der Waals surface area contributed by atoms with Crippen LogP contribution in [-0.4, -0.2) is 9.36 Å². The van der Waals surface area contributed by atoms with Crippen LogP contribution in [0, 0.1) is 0 Å². The van der Waals surface area contributed by atoms with E-state index < -0.39 is 0 Å². The zero-order chi connectivity index (χ0) is 12.5. The molecule has 0 bridgehead atoms. The molecule has 94 valence electrons. The molecule has 0 aliphatic carbocycles. The van der Waals surface area contributed by atoms with Gasteiger partial charge in [0.25, 0.3) is 0 Å². The number of benzene rings is 1. The first-order valence-corrected chi connectivity index (χ1v) is 7.04. The molecule has 0 radical (unpaired) electrons. The van der Waals surface area contributed by atoms with E-state index in [1.807, 2.05) is 16.8 Å². The van der Waals surface area contributed by atoms with E-state index in [0.29, 0.717) is 5.02 Å². The van der Waals surface area contributed by atoms with Crippen molar-refractivity contribution in [1.29, 1.82) is 0 Å². The highest BCUT2D eigenvalue weighted by Crippen LogP contribution is 2.15. The van der Waals surface area contributed by atoms with Crippen molar-refractivity contribution in [3.8, 4) is 0 Å². The van der Waals surface area contributed by atoms with E-state index in [0.717, 1.165) is 36.4 Å². The summed E-state index contributed by atoms with van der Waals surface area (Å²) in [7, 11) is 0. The van der Waals surface area contributed by atoms with Crippen LogP contribution >= 0.6 is 22.9 Å². The molecule has 0 atom stereocenters. The van der Waals surface area contributed by atoms with Crippen molar-refractivity contribution in [1.82, 2.24) is 9.36 Å². The van der Waals surface area contributed by atoms with Crippen LogP contribution in [0.4, 0.5) is 5.69 Å². The van der Waals surface area contributed by atoms with Gasteiger partial charge in [-0.3, -0.25) is 9.48 Å². The van der Waals surface area contributed by atoms with Crippen molar-refractivity contribution in [3.05, 3.63) is 43.8 Å². The summed E-state index contributed by atoms with van der Waals surface area (Å²) >= 11 is 7.04. The van der Waals surface area contributed by atoms with Crippen LogP contribution < -0.4 is 9.67 Å². The van der Waals surface area contributed by atoms with Crippen LogP contribution in [0.1, 0.15) is 12.8 Å². The lowest BCUT2D eigenvalue weighted by Crippen LogP contribution is -2.31. The maximum absolute atomic E-state index is 11.8. The molecular formula is C12H12ClN3OS. The predicted molar refractivity (Wildman–Crippen MR) is 72.5 cm³/mol. The molecule has 0 spiro atoms. The summed E-state index contributed by atoms with van der Waals surface area (Å²) in [4.78, 5) is 17.2. The molecule has 1 aromatic carbocycles. The van der Waals surface area contributed by atoms with Gasteiger partial charge in [0.05, 0.1) is 5.69 Å². The lowest BCUT2D eigenvalue weighted by atomic mass is 10.3. The fourth-order valence-corrected chi connectivity index (χ4v) is 3.07. The summed E-state index contributed by atoms with van der Waals surface area (Å²) in [5, 5.41) is 0.689. The van der Waals surface area contributed by atoms with Crippen LogP contribution in [-0.2, 0) is 13.1 Å². The molecule has 0 amide bonds. The molecule has 0 unspecified atom stereocenters. The van der Waals surface area contributed by atoms with E-state index in [-0.39, 0.29) is 4.87 Å². The standard InChI is InChI=1S/C12H12ClN3OS/c13-9-3-5-10(6-4-9)14-11-15-7-1-2-8-16(15)12(17)18-11/h3-6H,1-2,7-8H2. The van der Waals surface area contributed by atoms with Crippen molar-refractivity contribution in [2.24, 2.45) is 4.99 Å². The van der Waals surface area contributed by atoms with Crippen molar-refractivity contribution in [2.75, 3.05) is 0 Å². The van der Waals surface area contributed by atoms with Gasteiger partial charge >= 0.3 is 4.87 Å². The van der Waals surface area contributed by atoms with Crippen molar-refractivity contribution in [2.45, 2.75) is 25.9 Å². The van der Waals surface area contributed by atoms with Crippen molar-refractivity contribution >= 4 is 28.6 Å². The number of fused-ring (bicyclic) bond motifs is 1. The average Bonchev–Trinajstić information content (AvgIpc) is 2.70. The van der Waals surface area contributed by atoms with Gasteiger partial charge in [0, 0.05) is 18.1 Å². The monoisotopic (exact) mass is 281 g/mol. The fourth-order valence-electron chi connectivity index (χ4n) is 2.04. The van der Waals surface area contributed by atoms with E-state index in [9.17, 15) is 4.79 Å². The zero-order valence-electron chi connectivity index (χ0n) is 9.67. The molecule has 4 nitrogen and oxygen atoms in total. The lowest BCUT2D eigenvalue weighted by Gasteiger charge is -2.15. The van der Waals surface area contributed by atoms with Crippen LogP contribution in [0.3, 0.4) is 0 Å².